The number of aldehydes is 1. The molecule has 3 aromatic carbocycles. The van der Waals surface area contributed by atoms with Crippen LogP contribution in [0.3, 0.4) is 0 Å². The number of nitrogens with one attached hydrogen (secondary N) is 1. The Labute approximate surface area is 186 Å². The van der Waals surface area contributed by atoms with Crippen LogP contribution in [-0.4, -0.2) is 20.7 Å². The molecule has 7 heteroatoms. The number of allylic oxidation sites excluding steroid dienone is 1. The highest BCUT2D eigenvalue weighted by molar-refractivity contribution is 7.89. The van der Waals surface area contributed by atoms with Gasteiger partial charge in [-0.25, -0.2) is 8.42 Å². The standard InChI is InChI=1S/C25H19N3O3S/c26-16-19-9-7-8-14-23(19)24-15-20(27-32(30,31)22-12-5-2-6-13-22)17-28(25(24)18-29)21-10-3-1-4-11-21/h1-15,17-18,25,27H. The number of benzene rings is 3. The number of carbonyl (C=O) groups excluding carboxylic acids is 1. The van der Waals surface area contributed by atoms with E-state index < -0.39 is 16.1 Å². The quantitative estimate of drug-likeness (QED) is 0.587. The lowest BCUT2D eigenvalue weighted by Crippen LogP contribution is -2.38. The summed E-state index contributed by atoms with van der Waals surface area (Å²) in [6.07, 6.45) is 3.98. The Morgan fingerprint density at radius 1 is 0.906 bits per heavy atom. The molecule has 0 bridgehead atoms. The van der Waals surface area contributed by atoms with Gasteiger partial charge in [-0.3, -0.25) is 4.72 Å². The molecule has 3 aromatic rings. The zero-order valence-electron chi connectivity index (χ0n) is 16.9. The number of sulfonamides is 1. The molecular weight excluding hydrogens is 422 g/mol. The number of para-hydroxylation sites is 1. The molecule has 32 heavy (non-hydrogen) atoms. The molecule has 0 amide bonds. The first-order valence-corrected chi connectivity index (χ1v) is 11.3. The fourth-order valence-corrected chi connectivity index (χ4v) is 4.64. The van der Waals surface area contributed by atoms with Crippen molar-refractivity contribution in [2.24, 2.45) is 0 Å². The zero-order valence-corrected chi connectivity index (χ0v) is 17.7. The second kappa shape index (κ2) is 8.92. The van der Waals surface area contributed by atoms with Crippen LogP contribution in [-0.2, 0) is 14.8 Å². The van der Waals surface area contributed by atoms with Crippen LogP contribution in [0.4, 0.5) is 5.69 Å². The Balaban J connectivity index is 1.85. The van der Waals surface area contributed by atoms with E-state index >= 15 is 0 Å². The fourth-order valence-electron chi connectivity index (χ4n) is 3.58. The number of nitriles is 1. The summed E-state index contributed by atoms with van der Waals surface area (Å²) in [7, 11) is -3.85. The lowest BCUT2D eigenvalue weighted by atomic mass is 9.91. The molecule has 158 valence electrons. The summed E-state index contributed by atoms with van der Waals surface area (Å²) >= 11 is 0. The molecule has 1 heterocycles. The van der Waals surface area contributed by atoms with Gasteiger partial charge in [-0.2, -0.15) is 5.26 Å². The lowest BCUT2D eigenvalue weighted by Gasteiger charge is -2.33. The Bertz CT molecular complexity index is 1340. The topological polar surface area (TPSA) is 90.3 Å². The second-order valence-corrected chi connectivity index (χ2v) is 8.77. The van der Waals surface area contributed by atoms with Crippen molar-refractivity contribution in [2.45, 2.75) is 10.9 Å². The summed E-state index contributed by atoms with van der Waals surface area (Å²) in [6, 6.07) is 25.6. The van der Waals surface area contributed by atoms with Gasteiger partial charge in [0, 0.05) is 11.9 Å². The van der Waals surface area contributed by atoms with Crippen LogP contribution in [0.25, 0.3) is 5.57 Å². The van der Waals surface area contributed by atoms with Gasteiger partial charge < -0.3 is 9.69 Å². The summed E-state index contributed by atoms with van der Waals surface area (Å²) in [5.74, 6) is 0. The minimum atomic E-state index is -3.85. The summed E-state index contributed by atoms with van der Waals surface area (Å²) in [5.41, 5.74) is 2.47. The molecule has 6 nitrogen and oxygen atoms in total. The Morgan fingerprint density at radius 3 is 2.19 bits per heavy atom. The van der Waals surface area contributed by atoms with Gasteiger partial charge in [-0.15, -0.1) is 0 Å². The molecular formula is C25H19N3O3S. The maximum atomic E-state index is 12.9. The van der Waals surface area contributed by atoms with Gasteiger partial charge >= 0.3 is 0 Å². The lowest BCUT2D eigenvalue weighted by molar-refractivity contribution is -0.107. The number of hydrogen-bond donors (Lipinski definition) is 1. The first-order chi connectivity index (χ1) is 15.5. The molecule has 0 fully saturated rings. The highest BCUT2D eigenvalue weighted by Crippen LogP contribution is 2.33. The molecule has 0 radical (unpaired) electrons. The SMILES string of the molecule is N#Cc1ccccc1C1=CC(NS(=O)(=O)c2ccccc2)=CN(c2ccccc2)C1C=O. The van der Waals surface area contributed by atoms with Crippen LogP contribution < -0.4 is 9.62 Å². The first-order valence-electron chi connectivity index (χ1n) is 9.83. The van der Waals surface area contributed by atoms with Gasteiger partial charge in [0.15, 0.2) is 0 Å². The molecule has 4 rings (SSSR count). The third-order valence-corrected chi connectivity index (χ3v) is 6.45. The normalized spacial score (nSPS) is 15.8. The molecule has 1 aliphatic rings. The Hall–Kier alpha value is -4.15. The van der Waals surface area contributed by atoms with Gasteiger partial charge in [0.1, 0.15) is 12.3 Å². The molecule has 0 aromatic heterocycles. The van der Waals surface area contributed by atoms with Gasteiger partial charge in [-0.05, 0) is 47.5 Å². The van der Waals surface area contributed by atoms with Crippen molar-refractivity contribution in [2.75, 3.05) is 4.90 Å². The molecule has 1 unspecified atom stereocenters. The maximum Gasteiger partial charge on any atom is 0.261 e. The van der Waals surface area contributed by atoms with Gasteiger partial charge in [0.2, 0.25) is 0 Å². The number of nitrogens with zero attached hydrogens (tertiary/aromatic N) is 2. The van der Waals surface area contributed by atoms with E-state index in [4.69, 9.17) is 0 Å². The van der Waals surface area contributed by atoms with Crippen molar-refractivity contribution in [1.29, 1.82) is 5.26 Å². The highest BCUT2D eigenvalue weighted by Gasteiger charge is 2.29. The third kappa shape index (κ3) is 4.17. The zero-order chi connectivity index (χ0) is 22.6. The van der Waals surface area contributed by atoms with Crippen LogP contribution in [0.15, 0.2) is 108 Å². The van der Waals surface area contributed by atoms with E-state index in [1.54, 1.807) is 59.6 Å². The number of rotatable bonds is 6. The fraction of sp³-hybridized carbons (Fsp3) is 0.0400. The van der Waals surface area contributed by atoms with E-state index in [-0.39, 0.29) is 10.6 Å². The van der Waals surface area contributed by atoms with Crippen LogP contribution in [0.2, 0.25) is 0 Å². The Morgan fingerprint density at radius 2 is 1.53 bits per heavy atom. The van der Waals surface area contributed by atoms with Crippen LogP contribution in [0.5, 0.6) is 0 Å². The highest BCUT2D eigenvalue weighted by atomic mass is 32.2. The van der Waals surface area contributed by atoms with E-state index in [0.29, 0.717) is 22.4 Å². The second-order valence-electron chi connectivity index (χ2n) is 7.08. The van der Waals surface area contributed by atoms with Crippen LogP contribution >= 0.6 is 0 Å². The van der Waals surface area contributed by atoms with Crippen molar-refractivity contribution in [3.8, 4) is 6.07 Å². The summed E-state index contributed by atoms with van der Waals surface area (Å²) in [5, 5.41) is 9.59. The van der Waals surface area contributed by atoms with Crippen LogP contribution in [0.1, 0.15) is 11.1 Å². The Kier molecular flexibility index (Phi) is 5.88. The minimum absolute atomic E-state index is 0.122. The average molecular weight is 442 g/mol. The van der Waals surface area contributed by atoms with Crippen molar-refractivity contribution in [1.82, 2.24) is 4.72 Å². The molecule has 1 atom stereocenters. The predicted molar refractivity (Wildman–Crippen MR) is 123 cm³/mol. The molecule has 1 aliphatic heterocycles. The summed E-state index contributed by atoms with van der Waals surface area (Å²) < 4.78 is 28.5. The molecule has 1 N–H and O–H groups in total. The van der Waals surface area contributed by atoms with E-state index in [9.17, 15) is 18.5 Å². The largest absolute Gasteiger partial charge is 0.332 e. The first kappa shape index (κ1) is 21.1. The average Bonchev–Trinajstić information content (AvgIpc) is 2.84. The smallest absolute Gasteiger partial charge is 0.261 e. The monoisotopic (exact) mass is 441 g/mol. The van der Waals surface area contributed by atoms with Crippen LogP contribution in [0, 0.1) is 11.3 Å². The van der Waals surface area contributed by atoms with Crippen molar-refractivity contribution in [3.63, 3.8) is 0 Å². The minimum Gasteiger partial charge on any atom is -0.332 e. The third-order valence-electron chi connectivity index (χ3n) is 5.05. The molecule has 0 aliphatic carbocycles. The van der Waals surface area contributed by atoms with Gasteiger partial charge in [-0.1, -0.05) is 54.6 Å². The molecule has 0 saturated heterocycles. The predicted octanol–water partition coefficient (Wildman–Crippen LogP) is 3.85. The van der Waals surface area contributed by atoms with Crippen molar-refractivity contribution >= 4 is 27.6 Å². The van der Waals surface area contributed by atoms with Gasteiger partial charge in [0.25, 0.3) is 10.0 Å². The van der Waals surface area contributed by atoms with E-state index in [1.807, 2.05) is 30.3 Å². The number of anilines is 1. The maximum absolute atomic E-state index is 12.9. The number of carbonyl (C=O) groups is 1. The summed E-state index contributed by atoms with van der Waals surface area (Å²) in [4.78, 5) is 14.0. The molecule has 0 spiro atoms. The summed E-state index contributed by atoms with van der Waals surface area (Å²) in [6.45, 7) is 0. The van der Waals surface area contributed by atoms with E-state index in [2.05, 4.69) is 10.8 Å². The van der Waals surface area contributed by atoms with Crippen molar-refractivity contribution in [3.05, 3.63) is 114 Å². The molecule has 0 saturated carbocycles. The van der Waals surface area contributed by atoms with Crippen molar-refractivity contribution < 1.29 is 13.2 Å². The number of hydrogen-bond acceptors (Lipinski definition) is 5. The van der Waals surface area contributed by atoms with E-state index in [1.165, 1.54) is 12.1 Å². The van der Waals surface area contributed by atoms with E-state index in [0.717, 1.165) is 6.29 Å². The van der Waals surface area contributed by atoms with Gasteiger partial charge in [0.05, 0.1) is 22.2 Å².